The third-order valence-corrected chi connectivity index (χ3v) is 7.74. The van der Waals surface area contributed by atoms with Crippen LogP contribution in [0.5, 0.6) is 28.7 Å². The summed E-state index contributed by atoms with van der Waals surface area (Å²) in [5, 5.41) is 0. The van der Waals surface area contributed by atoms with Crippen LogP contribution in [0.2, 0.25) is 0 Å². The number of fused-ring (bicyclic) bond motifs is 2. The average molecular weight is 571 g/mol. The van der Waals surface area contributed by atoms with Crippen molar-refractivity contribution in [1.82, 2.24) is 0 Å². The van der Waals surface area contributed by atoms with Crippen molar-refractivity contribution < 1.29 is 41.0 Å². The maximum atomic E-state index is 12.2. The van der Waals surface area contributed by atoms with Gasteiger partial charge in [0.15, 0.2) is 18.3 Å². The highest BCUT2D eigenvalue weighted by Crippen LogP contribution is 2.56. The van der Waals surface area contributed by atoms with Crippen LogP contribution in [0.3, 0.4) is 0 Å². The van der Waals surface area contributed by atoms with Gasteiger partial charge in [0, 0.05) is 36.5 Å². The fourth-order valence-corrected chi connectivity index (χ4v) is 5.95. The van der Waals surface area contributed by atoms with Crippen LogP contribution in [0.4, 0.5) is 0 Å². The minimum absolute atomic E-state index is 0.0372. The third kappa shape index (κ3) is 5.84. The van der Waals surface area contributed by atoms with E-state index in [1.54, 1.807) is 14.2 Å². The molecule has 3 aromatic carbocycles. The van der Waals surface area contributed by atoms with E-state index in [2.05, 4.69) is 13.0 Å². The Bertz CT molecular complexity index is 1450. The summed E-state index contributed by atoms with van der Waals surface area (Å²) in [5.41, 5.74) is 3.87. The second kappa shape index (κ2) is 12.0. The predicted octanol–water partition coefficient (Wildman–Crippen LogP) is 5.07. The molecule has 3 atom stereocenters. The minimum Gasteiger partial charge on any atom is -0.497 e. The first kappa shape index (κ1) is 28.1. The highest BCUT2D eigenvalue weighted by atomic mass is 32.2. The second-order valence-corrected chi connectivity index (χ2v) is 11.5. The zero-order valence-corrected chi connectivity index (χ0v) is 23.9. The number of ether oxygens (including phenoxy) is 6. The molecule has 2 aliphatic rings. The van der Waals surface area contributed by atoms with Crippen molar-refractivity contribution in [3.63, 3.8) is 0 Å². The van der Waals surface area contributed by atoms with Gasteiger partial charge in [0.25, 0.3) is 10.1 Å². The van der Waals surface area contributed by atoms with E-state index in [1.807, 2.05) is 48.5 Å². The molecule has 3 unspecified atom stereocenters. The molecule has 0 radical (unpaired) electrons. The quantitative estimate of drug-likeness (QED) is 0.218. The maximum Gasteiger partial charge on any atom is 0.264 e. The van der Waals surface area contributed by atoms with Crippen molar-refractivity contribution in [2.24, 2.45) is 5.92 Å². The largest absolute Gasteiger partial charge is 0.497 e. The Labute approximate surface area is 235 Å². The molecule has 10 heteroatoms. The fraction of sp³-hybridized carbons (Fsp3) is 0.400. The van der Waals surface area contributed by atoms with E-state index in [9.17, 15) is 8.42 Å². The molecule has 40 heavy (non-hydrogen) atoms. The molecule has 1 aliphatic carbocycles. The molecule has 5 rings (SSSR count). The van der Waals surface area contributed by atoms with Crippen LogP contribution < -0.4 is 23.7 Å². The zero-order valence-electron chi connectivity index (χ0n) is 23.0. The van der Waals surface area contributed by atoms with Crippen molar-refractivity contribution in [3.05, 3.63) is 76.9 Å². The summed E-state index contributed by atoms with van der Waals surface area (Å²) in [6, 6.07) is 17.5. The molecule has 1 aliphatic heterocycles. The van der Waals surface area contributed by atoms with Gasteiger partial charge in [-0.05, 0) is 53.4 Å². The van der Waals surface area contributed by atoms with Crippen LogP contribution >= 0.6 is 0 Å². The molecule has 0 N–H and O–H groups in total. The van der Waals surface area contributed by atoms with Gasteiger partial charge in [-0.2, -0.15) is 8.42 Å². The fourth-order valence-electron chi connectivity index (χ4n) is 5.54. The topological polar surface area (TPSA) is 98.8 Å². The summed E-state index contributed by atoms with van der Waals surface area (Å²) in [5.74, 6) is 2.45. The summed E-state index contributed by atoms with van der Waals surface area (Å²) in [6.45, 7) is 2.79. The summed E-state index contributed by atoms with van der Waals surface area (Å²) in [4.78, 5) is 0. The van der Waals surface area contributed by atoms with Crippen LogP contribution in [-0.4, -0.2) is 55.7 Å². The number of methoxy groups -OCH3 is 2. The highest BCUT2D eigenvalue weighted by Gasteiger charge is 2.44. The highest BCUT2D eigenvalue weighted by molar-refractivity contribution is 7.85. The molecule has 0 aromatic heterocycles. The molecule has 1 heterocycles. The molecule has 0 fully saturated rings. The van der Waals surface area contributed by atoms with Crippen molar-refractivity contribution in [3.8, 4) is 28.7 Å². The number of rotatable bonds is 12. The Hall–Kier alpha value is -3.47. The Balaban J connectivity index is 1.69. The molecule has 0 amide bonds. The summed E-state index contributed by atoms with van der Waals surface area (Å²) in [7, 11) is -0.566. The van der Waals surface area contributed by atoms with Gasteiger partial charge in [-0.3, -0.25) is 4.18 Å². The summed E-state index contributed by atoms with van der Waals surface area (Å²) >= 11 is 0. The van der Waals surface area contributed by atoms with Gasteiger partial charge >= 0.3 is 0 Å². The van der Waals surface area contributed by atoms with Crippen molar-refractivity contribution in [1.29, 1.82) is 0 Å². The lowest BCUT2D eigenvalue weighted by molar-refractivity contribution is 0.0498. The number of benzene rings is 3. The predicted molar refractivity (Wildman–Crippen MR) is 148 cm³/mol. The Morgan fingerprint density at radius 2 is 1.62 bits per heavy atom. The second-order valence-electron chi connectivity index (χ2n) is 9.81. The van der Waals surface area contributed by atoms with Gasteiger partial charge in [0.2, 0.25) is 6.79 Å². The molecular weight excluding hydrogens is 536 g/mol. The van der Waals surface area contributed by atoms with Gasteiger partial charge in [0.05, 0.1) is 26.6 Å². The van der Waals surface area contributed by atoms with Crippen LogP contribution in [0.25, 0.3) is 0 Å². The molecular formula is C30H34O9S. The van der Waals surface area contributed by atoms with E-state index in [0.717, 1.165) is 40.7 Å². The summed E-state index contributed by atoms with van der Waals surface area (Å²) in [6.07, 6.45) is 1.94. The van der Waals surface area contributed by atoms with Gasteiger partial charge in [-0.15, -0.1) is 0 Å². The van der Waals surface area contributed by atoms with Gasteiger partial charge < -0.3 is 28.4 Å². The summed E-state index contributed by atoms with van der Waals surface area (Å²) < 4.78 is 63.9. The van der Waals surface area contributed by atoms with E-state index >= 15 is 0 Å². The minimum atomic E-state index is -3.72. The molecule has 0 saturated carbocycles. The molecule has 0 saturated heterocycles. The standard InChI is InChI=1S/C30H34O9S/c1-5-12-35-21-8-9-22-24(14-21)30(23-10-7-20(34-3)15-27(23)36-17-33-2)25(16-39-40(4,31)32)29(22)19-6-11-26-28(13-19)38-18-37-26/h6-11,13-15,25,29-30H,5,12,16-18H2,1-4H3. The van der Waals surface area contributed by atoms with E-state index in [0.29, 0.717) is 29.6 Å². The average Bonchev–Trinajstić information content (AvgIpc) is 3.54. The van der Waals surface area contributed by atoms with Crippen molar-refractivity contribution >= 4 is 10.1 Å². The molecule has 214 valence electrons. The first-order valence-corrected chi connectivity index (χ1v) is 14.9. The normalized spacial score (nSPS) is 19.4. The Morgan fingerprint density at radius 1 is 0.850 bits per heavy atom. The Morgan fingerprint density at radius 3 is 2.38 bits per heavy atom. The first-order chi connectivity index (χ1) is 19.3. The number of hydrogen-bond acceptors (Lipinski definition) is 9. The van der Waals surface area contributed by atoms with Gasteiger partial charge in [0.1, 0.15) is 17.2 Å². The third-order valence-electron chi connectivity index (χ3n) is 7.18. The molecule has 0 spiro atoms. The smallest absolute Gasteiger partial charge is 0.264 e. The molecule has 9 nitrogen and oxygen atoms in total. The maximum absolute atomic E-state index is 12.2. The zero-order chi connectivity index (χ0) is 28.3. The van der Waals surface area contributed by atoms with Crippen LogP contribution in [0.15, 0.2) is 54.6 Å². The van der Waals surface area contributed by atoms with E-state index in [1.165, 1.54) is 0 Å². The van der Waals surface area contributed by atoms with Crippen molar-refractivity contribution in [2.45, 2.75) is 25.2 Å². The van der Waals surface area contributed by atoms with Crippen molar-refractivity contribution in [2.75, 3.05) is 47.3 Å². The molecule has 0 bridgehead atoms. The first-order valence-electron chi connectivity index (χ1n) is 13.1. The lowest BCUT2D eigenvalue weighted by Gasteiger charge is -2.27. The van der Waals surface area contributed by atoms with E-state index < -0.39 is 10.1 Å². The van der Waals surface area contributed by atoms with Crippen LogP contribution in [0, 0.1) is 5.92 Å². The Kier molecular flexibility index (Phi) is 8.39. The number of hydrogen-bond donors (Lipinski definition) is 0. The van der Waals surface area contributed by atoms with Crippen LogP contribution in [0.1, 0.15) is 47.4 Å². The monoisotopic (exact) mass is 570 g/mol. The SMILES string of the molecule is CCCOc1ccc2c(c1)C(c1ccc(OC)cc1OCOC)C(COS(C)(=O)=O)C2c1ccc2c(c1)OCO2. The van der Waals surface area contributed by atoms with Crippen LogP contribution in [-0.2, 0) is 19.0 Å². The molecule has 3 aromatic rings. The van der Waals surface area contributed by atoms with Gasteiger partial charge in [-0.25, -0.2) is 0 Å². The van der Waals surface area contributed by atoms with Gasteiger partial charge in [-0.1, -0.05) is 25.1 Å². The van der Waals surface area contributed by atoms with E-state index in [4.69, 9.17) is 32.6 Å². The lowest BCUT2D eigenvalue weighted by atomic mass is 9.80. The lowest BCUT2D eigenvalue weighted by Crippen LogP contribution is -2.23. The van der Waals surface area contributed by atoms with E-state index in [-0.39, 0.29) is 37.9 Å².